The summed E-state index contributed by atoms with van der Waals surface area (Å²) in [7, 11) is 2.60. The number of hydrogen-bond donors (Lipinski definition) is 0. The molecule has 1 heterocycles. The van der Waals surface area contributed by atoms with Gasteiger partial charge in [0.15, 0.2) is 11.5 Å². The second-order valence-electron chi connectivity index (χ2n) is 7.04. The van der Waals surface area contributed by atoms with Crippen LogP contribution in [0.2, 0.25) is 0 Å². The van der Waals surface area contributed by atoms with E-state index in [1.54, 1.807) is 31.2 Å². The predicted molar refractivity (Wildman–Crippen MR) is 122 cm³/mol. The van der Waals surface area contributed by atoms with E-state index >= 15 is 0 Å². The van der Waals surface area contributed by atoms with Crippen molar-refractivity contribution in [1.82, 2.24) is 9.80 Å². The van der Waals surface area contributed by atoms with Gasteiger partial charge in [-0.2, -0.15) is 0 Å². The third kappa shape index (κ3) is 5.03. The number of nitro benzene ring substituents is 1. The summed E-state index contributed by atoms with van der Waals surface area (Å²) in [6, 6.07) is 8.60. The Morgan fingerprint density at radius 3 is 2.27 bits per heavy atom. The standard InChI is InChI=1S/C22H20BrN3O7/c1-4-32-18-10-14(9-16-20(27)24(2)22(29)25(3)21(16)28)17(23)11-19(18)33-12-13-6-5-7-15(8-13)26(30)31/h5-11H,4,12H2,1-3H3. The SMILES string of the molecule is CCOc1cc(C=C2C(=O)N(C)C(=O)N(C)C2=O)c(Br)cc1OCc1cccc([N+](=O)[O-])c1. The van der Waals surface area contributed by atoms with Crippen LogP contribution in [0, 0.1) is 10.1 Å². The van der Waals surface area contributed by atoms with Gasteiger partial charge in [-0.1, -0.05) is 28.1 Å². The molecule has 0 saturated carbocycles. The summed E-state index contributed by atoms with van der Waals surface area (Å²) in [5.41, 5.74) is 0.852. The molecule has 1 aliphatic heterocycles. The first-order valence-electron chi connectivity index (χ1n) is 9.78. The fourth-order valence-electron chi connectivity index (χ4n) is 3.09. The number of rotatable bonds is 7. The van der Waals surface area contributed by atoms with Gasteiger partial charge in [0.2, 0.25) is 0 Å². The minimum absolute atomic E-state index is 0.0421. The minimum atomic E-state index is -0.709. The van der Waals surface area contributed by atoms with Crippen molar-refractivity contribution < 1.29 is 28.8 Å². The van der Waals surface area contributed by atoms with Crippen LogP contribution >= 0.6 is 15.9 Å². The predicted octanol–water partition coefficient (Wildman–Crippen LogP) is 3.77. The number of nitro groups is 1. The number of ether oxygens (including phenoxy) is 2. The number of urea groups is 1. The summed E-state index contributed by atoms with van der Waals surface area (Å²) in [6.45, 7) is 2.17. The molecule has 1 saturated heterocycles. The van der Waals surface area contributed by atoms with Gasteiger partial charge in [-0.3, -0.25) is 29.5 Å². The monoisotopic (exact) mass is 517 g/mol. The lowest BCUT2D eigenvalue weighted by atomic mass is 10.1. The Kier molecular flexibility index (Phi) is 7.12. The van der Waals surface area contributed by atoms with E-state index in [0.29, 0.717) is 33.7 Å². The summed E-state index contributed by atoms with van der Waals surface area (Å²) < 4.78 is 12.0. The Labute approximate surface area is 197 Å². The summed E-state index contributed by atoms with van der Waals surface area (Å²) in [5, 5.41) is 11.0. The van der Waals surface area contributed by atoms with Crippen molar-refractivity contribution in [2.45, 2.75) is 13.5 Å². The van der Waals surface area contributed by atoms with Crippen molar-refractivity contribution >= 4 is 45.5 Å². The Morgan fingerprint density at radius 1 is 1.03 bits per heavy atom. The average Bonchev–Trinajstić information content (AvgIpc) is 2.80. The fourth-order valence-corrected chi connectivity index (χ4v) is 3.53. The highest BCUT2D eigenvalue weighted by Gasteiger charge is 2.37. The van der Waals surface area contributed by atoms with E-state index in [0.717, 1.165) is 9.80 Å². The van der Waals surface area contributed by atoms with Gasteiger partial charge in [-0.15, -0.1) is 0 Å². The van der Waals surface area contributed by atoms with Gasteiger partial charge in [0, 0.05) is 30.7 Å². The van der Waals surface area contributed by atoms with Gasteiger partial charge in [0.1, 0.15) is 12.2 Å². The molecular formula is C22H20BrN3O7. The molecule has 33 heavy (non-hydrogen) atoms. The molecule has 0 N–H and O–H groups in total. The van der Waals surface area contributed by atoms with E-state index in [-0.39, 0.29) is 17.9 Å². The van der Waals surface area contributed by atoms with E-state index in [2.05, 4.69) is 15.9 Å². The first-order valence-corrected chi connectivity index (χ1v) is 10.6. The number of carbonyl (C=O) groups is 3. The molecule has 0 aliphatic carbocycles. The van der Waals surface area contributed by atoms with Crippen LogP contribution in [-0.2, 0) is 16.2 Å². The summed E-state index contributed by atoms with van der Waals surface area (Å²) >= 11 is 3.41. The van der Waals surface area contributed by atoms with Crippen molar-refractivity contribution in [1.29, 1.82) is 0 Å². The van der Waals surface area contributed by atoms with E-state index in [1.807, 2.05) is 0 Å². The number of halogens is 1. The number of amides is 4. The zero-order valence-electron chi connectivity index (χ0n) is 18.0. The van der Waals surface area contributed by atoms with Crippen LogP contribution in [0.4, 0.5) is 10.5 Å². The van der Waals surface area contributed by atoms with Crippen molar-refractivity contribution in [3.05, 3.63) is 67.7 Å². The van der Waals surface area contributed by atoms with Gasteiger partial charge in [0.05, 0.1) is 11.5 Å². The third-order valence-electron chi connectivity index (χ3n) is 4.82. The van der Waals surface area contributed by atoms with Gasteiger partial charge < -0.3 is 9.47 Å². The molecule has 0 aromatic heterocycles. The molecule has 0 spiro atoms. The van der Waals surface area contributed by atoms with Gasteiger partial charge in [-0.05, 0) is 36.3 Å². The molecule has 3 rings (SSSR count). The summed E-state index contributed by atoms with van der Waals surface area (Å²) in [5.74, 6) is -0.701. The maximum atomic E-state index is 12.5. The van der Waals surface area contributed by atoms with Crippen LogP contribution in [0.25, 0.3) is 6.08 Å². The molecule has 4 amide bonds. The molecule has 11 heteroatoms. The highest BCUT2D eigenvalue weighted by atomic mass is 79.9. The fraction of sp³-hybridized carbons (Fsp3) is 0.227. The maximum Gasteiger partial charge on any atom is 0.333 e. The van der Waals surface area contributed by atoms with E-state index in [4.69, 9.17) is 9.47 Å². The molecule has 2 aromatic rings. The van der Waals surface area contributed by atoms with Crippen LogP contribution in [0.15, 0.2) is 46.4 Å². The Balaban J connectivity index is 1.93. The number of benzene rings is 2. The number of hydrogen-bond acceptors (Lipinski definition) is 7. The molecule has 172 valence electrons. The first-order chi connectivity index (χ1) is 15.6. The van der Waals surface area contributed by atoms with Crippen molar-refractivity contribution in [3.8, 4) is 11.5 Å². The normalized spacial score (nSPS) is 13.9. The number of imide groups is 2. The highest BCUT2D eigenvalue weighted by Crippen LogP contribution is 2.36. The molecule has 0 atom stereocenters. The number of non-ortho nitro benzene ring substituents is 1. The highest BCUT2D eigenvalue weighted by molar-refractivity contribution is 9.10. The lowest BCUT2D eigenvalue weighted by Gasteiger charge is -2.29. The second-order valence-corrected chi connectivity index (χ2v) is 7.89. The van der Waals surface area contributed by atoms with Crippen molar-refractivity contribution in [2.24, 2.45) is 0 Å². The number of barbiturate groups is 1. The molecule has 2 aromatic carbocycles. The second kappa shape index (κ2) is 9.82. The Bertz CT molecular complexity index is 1150. The summed E-state index contributed by atoms with van der Waals surface area (Å²) in [4.78, 5) is 49.1. The Morgan fingerprint density at radius 2 is 1.67 bits per heavy atom. The van der Waals surface area contributed by atoms with Crippen molar-refractivity contribution in [2.75, 3.05) is 20.7 Å². The van der Waals surface area contributed by atoms with Gasteiger partial charge >= 0.3 is 6.03 Å². The van der Waals surface area contributed by atoms with Crippen LogP contribution in [0.5, 0.6) is 11.5 Å². The molecular weight excluding hydrogens is 498 g/mol. The molecule has 1 fully saturated rings. The summed E-state index contributed by atoms with van der Waals surface area (Å²) in [6.07, 6.45) is 1.38. The first kappa shape index (κ1) is 23.9. The van der Waals surface area contributed by atoms with Crippen LogP contribution in [0.1, 0.15) is 18.1 Å². The average molecular weight is 518 g/mol. The zero-order valence-corrected chi connectivity index (χ0v) is 19.6. The van der Waals surface area contributed by atoms with E-state index < -0.39 is 22.8 Å². The number of likely N-dealkylation sites (N-methyl/N-ethyl adjacent to an activating group) is 2. The van der Waals surface area contributed by atoms with Crippen LogP contribution in [-0.4, -0.2) is 53.3 Å². The Hall–Kier alpha value is -3.73. The van der Waals surface area contributed by atoms with Crippen molar-refractivity contribution in [3.63, 3.8) is 0 Å². The lowest BCUT2D eigenvalue weighted by molar-refractivity contribution is -0.384. The number of nitrogens with zero attached hydrogens (tertiary/aromatic N) is 3. The molecule has 10 nitrogen and oxygen atoms in total. The largest absolute Gasteiger partial charge is 0.490 e. The molecule has 0 radical (unpaired) electrons. The molecule has 0 unspecified atom stereocenters. The quantitative estimate of drug-likeness (QED) is 0.237. The van der Waals surface area contributed by atoms with E-state index in [1.165, 1.54) is 32.3 Å². The maximum absolute atomic E-state index is 12.5. The third-order valence-corrected chi connectivity index (χ3v) is 5.51. The van der Waals surface area contributed by atoms with Crippen LogP contribution < -0.4 is 9.47 Å². The zero-order chi connectivity index (χ0) is 24.3. The smallest absolute Gasteiger partial charge is 0.333 e. The molecule has 0 bridgehead atoms. The van der Waals surface area contributed by atoms with Crippen LogP contribution in [0.3, 0.4) is 0 Å². The van der Waals surface area contributed by atoms with E-state index in [9.17, 15) is 24.5 Å². The van der Waals surface area contributed by atoms with Gasteiger partial charge in [-0.25, -0.2) is 4.79 Å². The molecule has 1 aliphatic rings. The number of carbonyl (C=O) groups excluding carboxylic acids is 3. The topological polar surface area (TPSA) is 119 Å². The lowest BCUT2D eigenvalue weighted by Crippen LogP contribution is -2.52. The minimum Gasteiger partial charge on any atom is -0.490 e. The van der Waals surface area contributed by atoms with Gasteiger partial charge in [0.25, 0.3) is 17.5 Å².